The lowest BCUT2D eigenvalue weighted by atomic mass is 10.1. The van der Waals surface area contributed by atoms with Gasteiger partial charge in [0.1, 0.15) is 6.23 Å². The van der Waals surface area contributed by atoms with Gasteiger partial charge in [0.15, 0.2) is 6.07 Å². The molecule has 2 N–H and O–H groups in total. The van der Waals surface area contributed by atoms with Gasteiger partial charge in [0, 0.05) is 39.1 Å². The molecule has 0 aliphatic heterocycles. The van der Waals surface area contributed by atoms with E-state index in [1.807, 2.05) is 39.0 Å². The van der Waals surface area contributed by atoms with Crippen LogP contribution in [-0.4, -0.2) is 15.6 Å². The maximum absolute atomic E-state index is 9.70. The maximum atomic E-state index is 9.70. The monoisotopic (exact) mass is 407 g/mol. The van der Waals surface area contributed by atoms with E-state index in [0.29, 0.717) is 5.69 Å². The molecule has 13 heteroatoms. The van der Waals surface area contributed by atoms with Crippen LogP contribution in [0, 0.1) is 42.1 Å². The summed E-state index contributed by atoms with van der Waals surface area (Å²) in [6.07, 6.45) is -0.662. The number of aromatic nitrogens is 1. The lowest BCUT2D eigenvalue weighted by Gasteiger charge is -2.23. The van der Waals surface area contributed by atoms with Gasteiger partial charge in [-0.25, -0.2) is 4.98 Å². The first-order chi connectivity index (χ1) is 12.8. The molecule has 0 fully saturated rings. The van der Waals surface area contributed by atoms with Crippen LogP contribution in [0.5, 0.6) is 0 Å². The minimum absolute atomic E-state index is 0.100. The number of aliphatic hydroxyl groups is 1. The van der Waals surface area contributed by atoms with Crippen molar-refractivity contribution in [2.24, 2.45) is 31.3 Å². The molecule has 27 heavy (non-hydrogen) atoms. The van der Waals surface area contributed by atoms with Crippen molar-refractivity contribution in [3.63, 3.8) is 0 Å². The van der Waals surface area contributed by atoms with Gasteiger partial charge in [0.25, 0.3) is 0 Å². The van der Waals surface area contributed by atoms with Gasteiger partial charge in [-0.3, -0.25) is 5.32 Å². The maximum Gasteiger partial charge on any atom is 0.153 e. The van der Waals surface area contributed by atoms with Gasteiger partial charge in [-0.15, -0.1) is 11.3 Å². The second-order valence-corrected chi connectivity index (χ2v) is 6.53. The van der Waals surface area contributed by atoms with Crippen LogP contribution in [0.2, 0.25) is 0 Å². The van der Waals surface area contributed by atoms with Crippen molar-refractivity contribution in [3.05, 3.63) is 16.1 Å². The minimum Gasteiger partial charge on any atom is -0.373 e. The molecule has 0 saturated carbocycles. The highest BCUT2D eigenvalue weighted by Crippen LogP contribution is 2.16. The van der Waals surface area contributed by atoms with Crippen LogP contribution in [0.4, 0.5) is 0 Å². The Morgan fingerprint density at radius 2 is 1.96 bits per heavy atom. The predicted molar refractivity (Wildman–Crippen MR) is 101 cm³/mol. The first-order valence-corrected chi connectivity index (χ1v) is 8.32. The Bertz CT molecular complexity index is 814. The highest BCUT2D eigenvalue weighted by atomic mass is 32.1. The van der Waals surface area contributed by atoms with Gasteiger partial charge < -0.3 is 9.39 Å². The topological polar surface area (TPSA) is 152 Å². The van der Waals surface area contributed by atoms with E-state index in [0.717, 1.165) is 5.01 Å². The summed E-state index contributed by atoms with van der Waals surface area (Å²) in [6.45, 7) is 7.96. The number of nitriles is 1. The number of aryl methyl sites for hydroxylation is 1. The largest absolute Gasteiger partial charge is 0.373 e. The van der Waals surface area contributed by atoms with Crippen LogP contribution < -0.4 is 5.32 Å². The van der Waals surface area contributed by atoms with E-state index in [4.69, 9.17) is 5.26 Å². The number of hydrogen-bond acceptors (Lipinski definition) is 9. The standard InChI is InChI=1S/C9H16N2OS.C5HN7OS/c1-6-10-7(5-13-6)8(12)11-9(2,3)4;6-4-2-1-3-5-7-8-9-10-11-12-13-14/h5,8,11-12H,1-4H3;14H/b;8-7?,10-9+,12-11+. The summed E-state index contributed by atoms with van der Waals surface area (Å²) < 4.78 is 3.86. The average Bonchev–Trinajstić information content (AvgIpc) is 3.02. The molecular formula is C14H17N9O2S2. The molecule has 0 amide bonds. The number of nitrogens with zero attached hydrogens (tertiary/aromatic N) is 8. The van der Waals surface area contributed by atoms with Crippen LogP contribution in [0.25, 0.3) is 0 Å². The van der Waals surface area contributed by atoms with Crippen molar-refractivity contribution in [3.8, 4) is 29.9 Å². The second kappa shape index (κ2) is 14.3. The van der Waals surface area contributed by atoms with Crippen molar-refractivity contribution >= 4 is 24.2 Å². The molecule has 1 aromatic heterocycles. The molecule has 0 aliphatic rings. The number of thiol groups is 1. The van der Waals surface area contributed by atoms with E-state index in [1.54, 1.807) is 17.4 Å². The molecule has 1 rings (SSSR count). The Kier molecular flexibility index (Phi) is 12.8. The number of nitrogens with one attached hydrogen (secondary N) is 1. The van der Waals surface area contributed by atoms with E-state index in [1.165, 1.54) is 0 Å². The molecule has 11 nitrogen and oxygen atoms in total. The van der Waals surface area contributed by atoms with E-state index < -0.39 is 6.23 Å². The molecule has 142 valence electrons. The zero-order valence-corrected chi connectivity index (χ0v) is 16.7. The zero-order valence-electron chi connectivity index (χ0n) is 14.9. The highest BCUT2D eigenvalue weighted by molar-refractivity contribution is 7.75. The van der Waals surface area contributed by atoms with Crippen molar-refractivity contribution in [2.45, 2.75) is 39.5 Å². The summed E-state index contributed by atoms with van der Waals surface area (Å²) in [5.74, 6) is 6.41. The fourth-order valence-corrected chi connectivity index (χ4v) is 1.88. The van der Waals surface area contributed by atoms with Gasteiger partial charge in [0.05, 0.1) is 34.9 Å². The summed E-state index contributed by atoms with van der Waals surface area (Å²) in [4.78, 5) is 4.20. The third-order valence-corrected chi connectivity index (χ3v) is 2.88. The van der Waals surface area contributed by atoms with E-state index in [9.17, 15) is 5.11 Å². The molecule has 0 radical (unpaired) electrons. The van der Waals surface area contributed by atoms with Gasteiger partial charge in [-0.1, -0.05) is 5.11 Å². The second-order valence-electron chi connectivity index (χ2n) is 5.31. The normalized spacial score (nSPS) is 11.7. The van der Waals surface area contributed by atoms with Gasteiger partial charge >= 0.3 is 0 Å². The van der Waals surface area contributed by atoms with Gasteiger partial charge in [-0.05, 0) is 38.1 Å². The van der Waals surface area contributed by atoms with Crippen LogP contribution in [-0.2, 0) is 4.28 Å². The quantitative estimate of drug-likeness (QED) is 0.171. The van der Waals surface area contributed by atoms with Crippen molar-refractivity contribution in [1.82, 2.24) is 10.3 Å². The summed E-state index contributed by atoms with van der Waals surface area (Å²) >= 11 is 4.78. The van der Waals surface area contributed by atoms with Crippen molar-refractivity contribution in [1.29, 1.82) is 5.26 Å². The first kappa shape index (κ1) is 24.1. The Morgan fingerprint density at radius 1 is 1.26 bits per heavy atom. The molecule has 1 atom stereocenters. The minimum atomic E-state index is -0.662. The van der Waals surface area contributed by atoms with Crippen LogP contribution in [0.3, 0.4) is 0 Å². The predicted octanol–water partition coefficient (Wildman–Crippen LogP) is 3.27. The molecule has 0 aliphatic carbocycles. The van der Waals surface area contributed by atoms with Crippen LogP contribution >= 0.6 is 24.2 Å². The number of hydrogen-bond donors (Lipinski definition) is 3. The summed E-state index contributed by atoms with van der Waals surface area (Å²) in [5, 5.41) is 41.6. The van der Waals surface area contributed by atoms with Gasteiger partial charge in [-0.2, -0.15) is 5.26 Å². The highest BCUT2D eigenvalue weighted by Gasteiger charge is 2.17. The SMILES string of the molecule is Cc1nc(C(O)NC(C)(C)C)cs1.N#CC#CC#CN=N/N=N/N=N/OS. The average molecular weight is 407 g/mol. The molecule has 1 heterocycles. The number of aliphatic hydroxyl groups excluding tert-OH is 1. The summed E-state index contributed by atoms with van der Waals surface area (Å²) in [6, 6.07) is 3.69. The molecule has 0 saturated heterocycles. The van der Waals surface area contributed by atoms with Crippen molar-refractivity contribution in [2.75, 3.05) is 0 Å². The molecule has 0 aromatic carbocycles. The number of thiazole rings is 1. The molecular weight excluding hydrogens is 390 g/mol. The molecule has 0 spiro atoms. The van der Waals surface area contributed by atoms with E-state index in [-0.39, 0.29) is 5.54 Å². The summed E-state index contributed by atoms with van der Waals surface area (Å²) in [5.41, 5.74) is 0.606. The Morgan fingerprint density at radius 3 is 2.52 bits per heavy atom. The fourth-order valence-electron chi connectivity index (χ4n) is 1.21. The molecule has 1 unspecified atom stereocenters. The van der Waals surface area contributed by atoms with E-state index in [2.05, 4.69) is 76.7 Å². The zero-order chi connectivity index (χ0) is 20.5. The lowest BCUT2D eigenvalue weighted by Crippen LogP contribution is -2.38. The third-order valence-electron chi connectivity index (χ3n) is 2.01. The molecule has 1 aromatic rings. The van der Waals surface area contributed by atoms with Crippen LogP contribution in [0.1, 0.15) is 37.7 Å². The molecule has 0 bridgehead atoms. The number of rotatable bonds is 5. The first-order valence-electron chi connectivity index (χ1n) is 7.07. The fraction of sp³-hybridized carbons (Fsp3) is 0.429. The van der Waals surface area contributed by atoms with Crippen molar-refractivity contribution < 1.29 is 9.39 Å². The third kappa shape index (κ3) is 15.1. The Hall–Kier alpha value is -2.89. The van der Waals surface area contributed by atoms with Crippen LogP contribution in [0.15, 0.2) is 36.7 Å². The Labute approximate surface area is 166 Å². The smallest absolute Gasteiger partial charge is 0.153 e. The van der Waals surface area contributed by atoms with E-state index >= 15 is 0 Å². The summed E-state index contributed by atoms with van der Waals surface area (Å²) in [7, 11) is 0. The van der Waals surface area contributed by atoms with Gasteiger partial charge in [0.2, 0.25) is 0 Å². The Balaban J connectivity index is 0.000000501. The lowest BCUT2D eigenvalue weighted by molar-refractivity contribution is 0.103.